The molecule has 2 heterocycles. The van der Waals surface area contributed by atoms with Crippen LogP contribution in [0.3, 0.4) is 0 Å². The largest absolute Gasteiger partial charge is 0.372 e. The van der Waals surface area contributed by atoms with Gasteiger partial charge in [-0.1, -0.05) is 6.92 Å². The monoisotopic (exact) mass is 298 g/mol. The third kappa shape index (κ3) is 3.50. The molecule has 1 aromatic heterocycles. The van der Waals surface area contributed by atoms with Gasteiger partial charge in [0.15, 0.2) is 0 Å². The first-order valence-corrected chi connectivity index (χ1v) is 7.04. The van der Waals surface area contributed by atoms with E-state index in [2.05, 4.69) is 33.2 Å². The predicted molar refractivity (Wildman–Crippen MR) is 71.9 cm³/mol. The summed E-state index contributed by atoms with van der Waals surface area (Å²) in [6, 6.07) is 4.08. The standard InChI is InChI=1S/C13H19BrN2O/c1-2-6-15-8-10-5-7-17-13(10)12-4-3-11(14)9-16-12/h3-4,9-10,13,15H,2,5-8H2,1H3. The molecule has 1 saturated heterocycles. The SMILES string of the molecule is CCCNCC1CCOC1c1ccc(Br)cn1. The average Bonchev–Trinajstić information content (AvgIpc) is 2.79. The van der Waals surface area contributed by atoms with Crippen LogP contribution in [-0.4, -0.2) is 24.7 Å². The highest BCUT2D eigenvalue weighted by molar-refractivity contribution is 9.10. The molecule has 1 aromatic rings. The molecule has 94 valence electrons. The van der Waals surface area contributed by atoms with Gasteiger partial charge in [0.05, 0.1) is 5.69 Å². The van der Waals surface area contributed by atoms with Crippen LogP contribution in [-0.2, 0) is 4.74 Å². The predicted octanol–water partition coefficient (Wildman–Crippen LogP) is 2.92. The number of rotatable bonds is 5. The van der Waals surface area contributed by atoms with Gasteiger partial charge in [0.1, 0.15) is 6.10 Å². The van der Waals surface area contributed by atoms with Crippen molar-refractivity contribution in [2.45, 2.75) is 25.9 Å². The van der Waals surface area contributed by atoms with Gasteiger partial charge in [-0.05, 0) is 47.4 Å². The highest BCUT2D eigenvalue weighted by Gasteiger charge is 2.30. The van der Waals surface area contributed by atoms with Gasteiger partial charge in [-0.25, -0.2) is 0 Å². The zero-order valence-electron chi connectivity index (χ0n) is 10.2. The van der Waals surface area contributed by atoms with E-state index < -0.39 is 0 Å². The zero-order valence-corrected chi connectivity index (χ0v) is 11.7. The summed E-state index contributed by atoms with van der Waals surface area (Å²) in [6.07, 6.45) is 4.30. The first kappa shape index (κ1) is 13.0. The highest BCUT2D eigenvalue weighted by Crippen LogP contribution is 2.33. The molecule has 4 heteroatoms. The number of pyridine rings is 1. The maximum atomic E-state index is 5.80. The molecule has 0 bridgehead atoms. The fourth-order valence-electron chi connectivity index (χ4n) is 2.19. The first-order valence-electron chi connectivity index (χ1n) is 6.25. The quantitative estimate of drug-likeness (QED) is 0.849. The Bertz CT molecular complexity index is 342. The van der Waals surface area contributed by atoms with Crippen LogP contribution in [0.2, 0.25) is 0 Å². The second-order valence-electron chi connectivity index (χ2n) is 4.45. The summed E-state index contributed by atoms with van der Waals surface area (Å²) in [5, 5.41) is 3.47. The van der Waals surface area contributed by atoms with E-state index in [4.69, 9.17) is 4.74 Å². The smallest absolute Gasteiger partial charge is 0.103 e. The summed E-state index contributed by atoms with van der Waals surface area (Å²) in [4.78, 5) is 4.44. The van der Waals surface area contributed by atoms with Gasteiger partial charge in [0, 0.05) is 29.7 Å². The Kier molecular flexibility index (Phi) is 4.95. The Morgan fingerprint density at radius 3 is 3.12 bits per heavy atom. The Balaban J connectivity index is 1.96. The third-order valence-corrected chi connectivity index (χ3v) is 3.56. The fourth-order valence-corrected chi connectivity index (χ4v) is 2.42. The number of hydrogen-bond donors (Lipinski definition) is 1. The maximum absolute atomic E-state index is 5.80. The number of hydrogen-bond acceptors (Lipinski definition) is 3. The van der Waals surface area contributed by atoms with E-state index in [-0.39, 0.29) is 6.10 Å². The molecule has 0 radical (unpaired) electrons. The number of nitrogens with zero attached hydrogens (tertiary/aromatic N) is 1. The van der Waals surface area contributed by atoms with E-state index in [9.17, 15) is 0 Å². The van der Waals surface area contributed by atoms with Crippen LogP contribution in [0.4, 0.5) is 0 Å². The van der Waals surface area contributed by atoms with E-state index in [0.29, 0.717) is 5.92 Å². The van der Waals surface area contributed by atoms with Gasteiger partial charge in [0.25, 0.3) is 0 Å². The molecule has 1 aliphatic rings. The number of ether oxygens (including phenoxy) is 1. The van der Waals surface area contributed by atoms with Crippen LogP contribution >= 0.6 is 15.9 Å². The molecule has 1 N–H and O–H groups in total. The molecule has 2 unspecified atom stereocenters. The Labute approximate surface area is 111 Å². The van der Waals surface area contributed by atoms with E-state index in [0.717, 1.165) is 36.3 Å². The fraction of sp³-hybridized carbons (Fsp3) is 0.615. The summed E-state index contributed by atoms with van der Waals surface area (Å²) in [6.45, 7) is 5.14. The number of nitrogens with one attached hydrogen (secondary N) is 1. The summed E-state index contributed by atoms with van der Waals surface area (Å²) in [5.74, 6) is 0.551. The van der Waals surface area contributed by atoms with Gasteiger partial charge in [-0.15, -0.1) is 0 Å². The van der Waals surface area contributed by atoms with Gasteiger partial charge >= 0.3 is 0 Å². The number of aromatic nitrogens is 1. The van der Waals surface area contributed by atoms with E-state index >= 15 is 0 Å². The summed E-state index contributed by atoms with van der Waals surface area (Å²) < 4.78 is 6.82. The molecule has 3 nitrogen and oxygen atoms in total. The van der Waals surface area contributed by atoms with Crippen LogP contribution in [0.15, 0.2) is 22.8 Å². The molecule has 0 amide bonds. The van der Waals surface area contributed by atoms with Crippen molar-refractivity contribution in [3.8, 4) is 0 Å². The lowest BCUT2D eigenvalue weighted by Crippen LogP contribution is -2.25. The molecule has 1 aliphatic heterocycles. The topological polar surface area (TPSA) is 34.1 Å². The lowest BCUT2D eigenvalue weighted by atomic mass is 9.98. The van der Waals surface area contributed by atoms with Crippen molar-refractivity contribution in [2.75, 3.05) is 19.7 Å². The third-order valence-electron chi connectivity index (χ3n) is 3.09. The minimum absolute atomic E-state index is 0.160. The highest BCUT2D eigenvalue weighted by atomic mass is 79.9. The van der Waals surface area contributed by atoms with Crippen LogP contribution < -0.4 is 5.32 Å². The van der Waals surface area contributed by atoms with Crippen LogP contribution in [0.5, 0.6) is 0 Å². The van der Waals surface area contributed by atoms with Crippen LogP contribution in [0, 0.1) is 5.92 Å². The number of halogens is 1. The average molecular weight is 299 g/mol. The second kappa shape index (κ2) is 6.47. The molecule has 0 aromatic carbocycles. The van der Waals surface area contributed by atoms with Gasteiger partial charge in [0.2, 0.25) is 0 Å². The summed E-state index contributed by atoms with van der Waals surface area (Å²) >= 11 is 3.40. The minimum atomic E-state index is 0.160. The molecule has 0 spiro atoms. The van der Waals surface area contributed by atoms with Gasteiger partial charge in [-0.2, -0.15) is 0 Å². The first-order chi connectivity index (χ1) is 8.31. The molecular formula is C13H19BrN2O. The van der Waals surface area contributed by atoms with Crippen molar-refractivity contribution >= 4 is 15.9 Å². The van der Waals surface area contributed by atoms with Crippen molar-refractivity contribution in [1.29, 1.82) is 0 Å². The van der Waals surface area contributed by atoms with Gasteiger partial charge < -0.3 is 10.1 Å². The summed E-state index contributed by atoms with van der Waals surface area (Å²) in [7, 11) is 0. The van der Waals surface area contributed by atoms with Crippen molar-refractivity contribution in [1.82, 2.24) is 10.3 Å². The van der Waals surface area contributed by atoms with Crippen molar-refractivity contribution in [2.24, 2.45) is 5.92 Å². The molecule has 2 atom stereocenters. The Hall–Kier alpha value is -0.450. The van der Waals surface area contributed by atoms with E-state index in [1.807, 2.05) is 18.3 Å². The zero-order chi connectivity index (χ0) is 12.1. The normalized spacial score (nSPS) is 24.1. The van der Waals surface area contributed by atoms with Crippen molar-refractivity contribution < 1.29 is 4.74 Å². The molecule has 0 aliphatic carbocycles. The summed E-state index contributed by atoms with van der Waals surface area (Å²) in [5.41, 5.74) is 1.05. The lowest BCUT2D eigenvalue weighted by molar-refractivity contribution is 0.0871. The van der Waals surface area contributed by atoms with Gasteiger partial charge in [-0.3, -0.25) is 4.98 Å². The molecule has 17 heavy (non-hydrogen) atoms. The van der Waals surface area contributed by atoms with E-state index in [1.54, 1.807) is 0 Å². The Morgan fingerprint density at radius 2 is 2.41 bits per heavy atom. The van der Waals surface area contributed by atoms with E-state index in [1.165, 1.54) is 6.42 Å². The molecule has 1 fully saturated rings. The Morgan fingerprint density at radius 1 is 1.53 bits per heavy atom. The minimum Gasteiger partial charge on any atom is -0.372 e. The van der Waals surface area contributed by atoms with Crippen molar-refractivity contribution in [3.63, 3.8) is 0 Å². The van der Waals surface area contributed by atoms with Crippen LogP contribution in [0.25, 0.3) is 0 Å². The molecular weight excluding hydrogens is 280 g/mol. The second-order valence-corrected chi connectivity index (χ2v) is 5.36. The lowest BCUT2D eigenvalue weighted by Gasteiger charge is -2.18. The molecule has 2 rings (SSSR count). The molecule has 0 saturated carbocycles. The maximum Gasteiger partial charge on any atom is 0.103 e. The van der Waals surface area contributed by atoms with Crippen LogP contribution in [0.1, 0.15) is 31.6 Å². The van der Waals surface area contributed by atoms with Crippen molar-refractivity contribution in [3.05, 3.63) is 28.5 Å².